The molecular weight excluding hydrogens is 356 g/mol. The number of fused-ring (bicyclic) bond motifs is 1. The minimum absolute atomic E-state index is 0.0771. The Labute approximate surface area is 165 Å². The average molecular weight is 383 g/mol. The molecule has 142 valence electrons. The average Bonchev–Trinajstić information content (AvgIpc) is 2.69. The zero-order chi connectivity index (χ0) is 18.8. The Morgan fingerprint density at radius 1 is 1.07 bits per heavy atom. The van der Waals surface area contributed by atoms with E-state index in [0.29, 0.717) is 5.56 Å². The molecule has 5 heteroatoms. The Bertz CT molecular complexity index is 860. The number of phenolic OH excluding ortho intramolecular Hbond substituents is 1. The van der Waals surface area contributed by atoms with Crippen molar-refractivity contribution in [1.82, 2.24) is 0 Å². The quantitative estimate of drug-likeness (QED) is 0.827. The first-order valence-electron chi connectivity index (χ1n) is 9.71. The monoisotopic (exact) mass is 382 g/mol. The lowest BCUT2D eigenvalue weighted by Gasteiger charge is -2.29. The van der Waals surface area contributed by atoms with Gasteiger partial charge in [0.1, 0.15) is 5.75 Å². The van der Waals surface area contributed by atoms with E-state index in [2.05, 4.69) is 22.3 Å². The number of aromatic hydroxyl groups is 1. The fourth-order valence-corrected chi connectivity index (χ4v) is 4.85. The number of carbonyl (C=O) groups excluding carboxylic acids is 1. The van der Waals surface area contributed by atoms with E-state index in [9.17, 15) is 9.90 Å². The maximum Gasteiger partial charge on any atom is 0.259 e. The van der Waals surface area contributed by atoms with E-state index in [-0.39, 0.29) is 11.7 Å². The first kappa shape index (κ1) is 18.2. The van der Waals surface area contributed by atoms with Crippen LogP contribution in [0.5, 0.6) is 5.75 Å². The third kappa shape index (κ3) is 3.93. The second-order valence-corrected chi connectivity index (χ2v) is 8.62. The van der Waals surface area contributed by atoms with Crippen LogP contribution in [0, 0.1) is 6.92 Å². The highest BCUT2D eigenvalue weighted by Crippen LogP contribution is 2.30. The van der Waals surface area contributed by atoms with Crippen molar-refractivity contribution in [3.63, 3.8) is 0 Å². The van der Waals surface area contributed by atoms with Crippen LogP contribution in [0.1, 0.15) is 39.9 Å². The van der Waals surface area contributed by atoms with Gasteiger partial charge in [0.2, 0.25) is 0 Å². The largest absolute Gasteiger partial charge is 0.507 e. The van der Waals surface area contributed by atoms with Crippen molar-refractivity contribution in [2.45, 2.75) is 32.6 Å². The highest BCUT2D eigenvalue weighted by molar-refractivity contribution is 7.99. The number of amides is 1. The van der Waals surface area contributed by atoms with Crippen LogP contribution >= 0.6 is 11.8 Å². The van der Waals surface area contributed by atoms with Gasteiger partial charge in [-0.25, -0.2) is 0 Å². The Hall–Kier alpha value is -2.14. The van der Waals surface area contributed by atoms with Crippen molar-refractivity contribution in [2.75, 3.05) is 34.8 Å². The lowest BCUT2D eigenvalue weighted by Crippen LogP contribution is -2.32. The fraction of sp³-hybridized carbons (Fsp3) is 0.409. The van der Waals surface area contributed by atoms with Crippen molar-refractivity contribution in [3.8, 4) is 5.75 Å². The Kier molecular flexibility index (Phi) is 5.30. The zero-order valence-corrected chi connectivity index (χ0v) is 16.6. The third-order valence-electron chi connectivity index (χ3n) is 5.54. The molecule has 0 spiro atoms. The van der Waals surface area contributed by atoms with Crippen LogP contribution in [0.4, 0.5) is 11.4 Å². The maximum absolute atomic E-state index is 12.8. The molecule has 0 bridgehead atoms. The predicted octanol–water partition coefficient (Wildman–Crippen LogP) is 4.38. The van der Waals surface area contributed by atoms with E-state index in [0.717, 1.165) is 61.5 Å². The zero-order valence-electron chi connectivity index (χ0n) is 15.8. The van der Waals surface area contributed by atoms with Gasteiger partial charge in [-0.15, -0.1) is 0 Å². The molecule has 1 amide bonds. The number of anilines is 2. The van der Waals surface area contributed by atoms with Crippen LogP contribution in [-0.2, 0) is 12.8 Å². The normalized spacial score (nSPS) is 16.7. The molecule has 1 fully saturated rings. The van der Waals surface area contributed by atoms with Crippen LogP contribution in [0.15, 0.2) is 30.3 Å². The van der Waals surface area contributed by atoms with Gasteiger partial charge in [-0.05, 0) is 79.6 Å². The topological polar surface area (TPSA) is 52.6 Å². The fourth-order valence-electron chi connectivity index (χ4n) is 3.95. The van der Waals surface area contributed by atoms with Gasteiger partial charge in [-0.3, -0.25) is 4.79 Å². The summed E-state index contributed by atoms with van der Waals surface area (Å²) in [6.45, 7) is 4.15. The molecule has 0 unspecified atom stereocenters. The molecule has 1 saturated heterocycles. The van der Waals surface area contributed by atoms with Crippen LogP contribution < -0.4 is 10.2 Å². The molecule has 2 aromatic rings. The van der Waals surface area contributed by atoms with Crippen molar-refractivity contribution < 1.29 is 9.90 Å². The second kappa shape index (κ2) is 7.85. The van der Waals surface area contributed by atoms with Gasteiger partial charge < -0.3 is 15.3 Å². The molecule has 27 heavy (non-hydrogen) atoms. The van der Waals surface area contributed by atoms with Crippen LogP contribution in [0.25, 0.3) is 0 Å². The molecule has 0 atom stereocenters. The summed E-state index contributed by atoms with van der Waals surface area (Å²) in [5.74, 6) is 2.16. The van der Waals surface area contributed by atoms with Gasteiger partial charge in [0.05, 0.1) is 5.56 Å². The molecule has 2 N–H and O–H groups in total. The molecule has 1 heterocycles. The minimum atomic E-state index is -0.244. The standard InChI is InChI=1S/C22H26N2O2S/c1-15-12-18(24-8-10-27-11-9-24)6-7-20(15)23-22(26)19-13-16-4-2-3-5-17(16)14-21(19)25/h6-7,12-14,25H,2-5,8-11H2,1H3,(H,23,26). The van der Waals surface area contributed by atoms with Gasteiger partial charge in [0.15, 0.2) is 0 Å². The van der Waals surface area contributed by atoms with Crippen molar-refractivity contribution in [1.29, 1.82) is 0 Å². The number of phenols is 1. The molecule has 1 aliphatic carbocycles. The summed E-state index contributed by atoms with van der Waals surface area (Å²) in [6.07, 6.45) is 4.27. The van der Waals surface area contributed by atoms with E-state index >= 15 is 0 Å². The van der Waals surface area contributed by atoms with E-state index in [1.165, 1.54) is 16.8 Å². The first-order chi connectivity index (χ1) is 13.1. The molecule has 0 saturated carbocycles. The number of thioether (sulfide) groups is 1. The Morgan fingerprint density at radius 2 is 1.78 bits per heavy atom. The summed E-state index contributed by atoms with van der Waals surface area (Å²) in [7, 11) is 0. The number of nitrogens with one attached hydrogen (secondary N) is 1. The van der Waals surface area contributed by atoms with Gasteiger partial charge in [-0.1, -0.05) is 0 Å². The van der Waals surface area contributed by atoms with Crippen molar-refractivity contribution in [2.24, 2.45) is 0 Å². The highest BCUT2D eigenvalue weighted by atomic mass is 32.2. The van der Waals surface area contributed by atoms with Gasteiger partial charge in [0, 0.05) is 36.0 Å². The minimum Gasteiger partial charge on any atom is -0.507 e. The van der Waals surface area contributed by atoms with Crippen LogP contribution in [0.2, 0.25) is 0 Å². The van der Waals surface area contributed by atoms with E-state index in [1.807, 2.05) is 30.8 Å². The van der Waals surface area contributed by atoms with E-state index in [4.69, 9.17) is 0 Å². The number of rotatable bonds is 3. The number of hydrogen-bond acceptors (Lipinski definition) is 4. The van der Waals surface area contributed by atoms with Crippen molar-refractivity contribution >= 4 is 29.0 Å². The maximum atomic E-state index is 12.8. The summed E-state index contributed by atoms with van der Waals surface area (Å²) in [4.78, 5) is 15.2. The molecule has 4 nitrogen and oxygen atoms in total. The first-order valence-corrected chi connectivity index (χ1v) is 10.9. The summed E-state index contributed by atoms with van der Waals surface area (Å²) in [5.41, 5.74) is 5.79. The van der Waals surface area contributed by atoms with E-state index in [1.54, 1.807) is 6.07 Å². The number of benzene rings is 2. The molecular formula is C22H26N2O2S. The summed E-state index contributed by atoms with van der Waals surface area (Å²) >= 11 is 2.00. The SMILES string of the molecule is Cc1cc(N2CCSCC2)ccc1NC(=O)c1cc2c(cc1O)CCCC2. The van der Waals surface area contributed by atoms with Gasteiger partial charge in [-0.2, -0.15) is 11.8 Å². The van der Waals surface area contributed by atoms with Crippen LogP contribution in [-0.4, -0.2) is 35.6 Å². The Balaban J connectivity index is 1.52. The molecule has 1 aliphatic heterocycles. The second-order valence-electron chi connectivity index (χ2n) is 7.40. The number of carbonyl (C=O) groups is 1. The predicted molar refractivity (Wildman–Crippen MR) is 113 cm³/mol. The molecule has 2 aromatic carbocycles. The van der Waals surface area contributed by atoms with Gasteiger partial charge >= 0.3 is 0 Å². The number of aryl methyl sites for hydroxylation is 3. The summed E-state index contributed by atoms with van der Waals surface area (Å²) in [5, 5.41) is 13.3. The molecule has 4 rings (SSSR count). The smallest absolute Gasteiger partial charge is 0.259 e. The lowest BCUT2D eigenvalue weighted by molar-refractivity contribution is 0.102. The molecule has 0 radical (unpaired) electrons. The molecule has 0 aromatic heterocycles. The van der Waals surface area contributed by atoms with Crippen molar-refractivity contribution in [3.05, 3.63) is 52.6 Å². The number of nitrogens with zero attached hydrogens (tertiary/aromatic N) is 1. The summed E-state index contributed by atoms with van der Waals surface area (Å²) < 4.78 is 0. The van der Waals surface area contributed by atoms with Crippen LogP contribution in [0.3, 0.4) is 0 Å². The Morgan fingerprint density at radius 3 is 2.48 bits per heavy atom. The molecule has 2 aliphatic rings. The van der Waals surface area contributed by atoms with E-state index < -0.39 is 0 Å². The highest BCUT2D eigenvalue weighted by Gasteiger charge is 2.19. The lowest BCUT2D eigenvalue weighted by atomic mass is 9.90. The number of hydrogen-bond donors (Lipinski definition) is 2. The summed E-state index contributed by atoms with van der Waals surface area (Å²) in [6, 6.07) is 9.82. The third-order valence-corrected chi connectivity index (χ3v) is 6.48. The van der Waals surface area contributed by atoms with Gasteiger partial charge in [0.25, 0.3) is 5.91 Å².